The molecule has 0 aliphatic heterocycles. The van der Waals surface area contributed by atoms with Crippen LogP contribution in [0.4, 0.5) is 0 Å². The van der Waals surface area contributed by atoms with Gasteiger partial charge in [0.15, 0.2) is 0 Å². The molecule has 0 aromatic heterocycles. The Morgan fingerprint density at radius 3 is 0.483 bits per heavy atom. The standard InChI is InChI=1S/C19H55N3Si6.Zr/c1-23(2,3)20(24(4,5)6)19(21(25(7,8)9)26(10,11)12)22(27(13,14)15)28(16,17)18;/h19H,1-18H3;. The minimum absolute atomic E-state index is 0. The molecule has 0 spiro atoms. The van der Waals surface area contributed by atoms with Gasteiger partial charge in [-0.3, -0.25) is 0 Å². The third-order valence-electron chi connectivity index (χ3n) is 5.03. The summed E-state index contributed by atoms with van der Waals surface area (Å²) in [5.41, 5.74) is 0. The van der Waals surface area contributed by atoms with Crippen LogP contribution in [0.1, 0.15) is 0 Å². The normalized spacial score (nSPS) is 15.5. The third-order valence-corrected chi connectivity index (χ3v) is 27.2. The van der Waals surface area contributed by atoms with Gasteiger partial charge in [0.25, 0.3) is 0 Å². The molecule has 0 aromatic carbocycles. The third kappa shape index (κ3) is 9.45. The van der Waals surface area contributed by atoms with Gasteiger partial charge in [0, 0.05) is 26.2 Å². The van der Waals surface area contributed by atoms with E-state index in [0.717, 1.165) is 0 Å². The van der Waals surface area contributed by atoms with Crippen molar-refractivity contribution in [3.8, 4) is 0 Å². The zero-order valence-electron chi connectivity index (χ0n) is 23.4. The van der Waals surface area contributed by atoms with E-state index in [9.17, 15) is 0 Å². The molecule has 0 fully saturated rings. The van der Waals surface area contributed by atoms with E-state index in [1.807, 2.05) is 0 Å². The summed E-state index contributed by atoms with van der Waals surface area (Å²) in [5, 5.41) is 0. The monoisotopic (exact) mass is 583 g/mol. The Kier molecular flexibility index (Phi) is 11.6. The Labute approximate surface area is 211 Å². The first kappa shape index (κ1) is 33.2. The van der Waals surface area contributed by atoms with Crippen LogP contribution in [-0.4, -0.2) is 68.4 Å². The van der Waals surface area contributed by atoms with Crippen molar-refractivity contribution in [1.29, 1.82) is 0 Å². The van der Waals surface area contributed by atoms with Gasteiger partial charge in [-0.2, -0.15) is 0 Å². The zero-order chi connectivity index (χ0) is 23.3. The summed E-state index contributed by atoms with van der Waals surface area (Å²) < 4.78 is 9.44. The Morgan fingerprint density at radius 2 is 0.414 bits per heavy atom. The van der Waals surface area contributed by atoms with Crippen molar-refractivity contribution in [2.45, 2.75) is 124 Å². The molecule has 0 bridgehead atoms. The van der Waals surface area contributed by atoms with Gasteiger partial charge >= 0.3 is 0 Å². The molecule has 0 aliphatic rings. The second kappa shape index (κ2) is 10.1. The van der Waals surface area contributed by atoms with Crippen LogP contribution in [0.2, 0.25) is 118 Å². The van der Waals surface area contributed by atoms with Gasteiger partial charge in [0.05, 0.1) is 6.29 Å². The van der Waals surface area contributed by atoms with E-state index in [0.29, 0.717) is 6.29 Å². The summed E-state index contributed by atoms with van der Waals surface area (Å²) in [6.07, 6.45) is 0.509. The number of hydrogen-bond acceptors (Lipinski definition) is 3. The van der Waals surface area contributed by atoms with E-state index in [-0.39, 0.29) is 26.2 Å². The predicted octanol–water partition coefficient (Wildman–Crippen LogP) is 7.18. The molecule has 0 aliphatic carbocycles. The van der Waals surface area contributed by atoms with Crippen LogP contribution in [0.15, 0.2) is 0 Å². The Balaban J connectivity index is 0. The van der Waals surface area contributed by atoms with E-state index in [4.69, 9.17) is 0 Å². The van der Waals surface area contributed by atoms with Crippen molar-refractivity contribution in [3.63, 3.8) is 0 Å². The van der Waals surface area contributed by atoms with Crippen LogP contribution in [0.5, 0.6) is 0 Å². The van der Waals surface area contributed by atoms with Gasteiger partial charge < -0.3 is 12.7 Å². The molecule has 0 saturated carbocycles. The molecule has 0 radical (unpaired) electrons. The molecule has 0 aromatic rings. The van der Waals surface area contributed by atoms with Gasteiger partial charge in [-0.15, -0.1) is 0 Å². The molecular formula is C19H55N3Si6Zr. The van der Waals surface area contributed by atoms with E-state index >= 15 is 0 Å². The average molecular weight is 585 g/mol. The molecule has 10 heteroatoms. The first-order valence-electron chi connectivity index (χ1n) is 11.1. The number of hydrogen-bond donors (Lipinski definition) is 0. The largest absolute Gasteiger partial charge is 0.321 e. The minimum atomic E-state index is -1.53. The summed E-state index contributed by atoms with van der Waals surface area (Å²) in [6.45, 7) is 46.7. The maximum absolute atomic E-state index is 3.15. The smallest absolute Gasteiger partial charge is 0.114 e. The SMILES string of the molecule is C[Si](C)(C)N(C(N([Si](C)(C)C)[Si](C)(C)C)N([Si](C)(C)C)[Si](C)(C)C)[Si](C)(C)C.[Zr]. The van der Waals surface area contributed by atoms with Gasteiger partial charge in [0.2, 0.25) is 0 Å². The summed E-state index contributed by atoms with van der Waals surface area (Å²) in [6, 6.07) is 0. The Morgan fingerprint density at radius 1 is 0.310 bits per heavy atom. The fourth-order valence-electron chi connectivity index (χ4n) is 5.44. The van der Waals surface area contributed by atoms with Crippen molar-refractivity contribution in [1.82, 2.24) is 12.7 Å². The van der Waals surface area contributed by atoms with E-state index in [1.54, 1.807) is 0 Å². The Bertz CT molecular complexity index is 401. The van der Waals surface area contributed by atoms with Crippen LogP contribution in [-0.2, 0) is 26.2 Å². The second-order valence-corrected chi connectivity index (χ2v) is 44.8. The summed E-state index contributed by atoms with van der Waals surface area (Å²) in [5.74, 6) is 0. The van der Waals surface area contributed by atoms with Crippen molar-refractivity contribution in [2.24, 2.45) is 0 Å². The van der Waals surface area contributed by atoms with E-state index in [1.165, 1.54) is 0 Å². The maximum atomic E-state index is 3.15. The van der Waals surface area contributed by atoms with Gasteiger partial charge in [-0.1, -0.05) is 118 Å². The van der Waals surface area contributed by atoms with Crippen LogP contribution < -0.4 is 0 Å². The van der Waals surface area contributed by atoms with Gasteiger partial charge in [-0.25, -0.2) is 0 Å². The topological polar surface area (TPSA) is 9.72 Å². The van der Waals surface area contributed by atoms with Crippen molar-refractivity contribution < 1.29 is 26.2 Å². The van der Waals surface area contributed by atoms with Crippen LogP contribution in [0.3, 0.4) is 0 Å². The van der Waals surface area contributed by atoms with Gasteiger partial charge in [0.1, 0.15) is 49.4 Å². The van der Waals surface area contributed by atoms with Crippen LogP contribution in [0, 0.1) is 0 Å². The summed E-state index contributed by atoms with van der Waals surface area (Å²) in [7, 11) is -9.15. The summed E-state index contributed by atoms with van der Waals surface area (Å²) in [4.78, 5) is 0. The molecule has 0 saturated heterocycles. The van der Waals surface area contributed by atoms with Crippen LogP contribution >= 0.6 is 0 Å². The number of rotatable bonds is 9. The first-order chi connectivity index (χ1) is 11.7. The van der Waals surface area contributed by atoms with Crippen molar-refractivity contribution in [3.05, 3.63) is 0 Å². The maximum Gasteiger partial charge on any atom is 0.114 e. The van der Waals surface area contributed by atoms with Crippen molar-refractivity contribution >= 4 is 49.4 Å². The molecule has 0 unspecified atom stereocenters. The van der Waals surface area contributed by atoms with Crippen molar-refractivity contribution in [2.75, 3.05) is 0 Å². The molecule has 174 valence electrons. The Hall–Kier alpha value is 2.06. The first-order valence-corrected chi connectivity index (χ1v) is 31.8. The van der Waals surface area contributed by atoms with Crippen LogP contribution in [0.25, 0.3) is 0 Å². The van der Waals surface area contributed by atoms with E-state index in [2.05, 4.69) is 131 Å². The average Bonchev–Trinajstić information content (AvgIpc) is 2.13. The minimum Gasteiger partial charge on any atom is -0.321 e. The molecule has 0 amide bonds. The molecule has 0 rings (SSSR count). The fraction of sp³-hybridized carbons (Fsp3) is 1.00. The quantitative estimate of drug-likeness (QED) is 0.210. The predicted molar refractivity (Wildman–Crippen MR) is 149 cm³/mol. The zero-order valence-corrected chi connectivity index (χ0v) is 31.9. The fourth-order valence-corrected chi connectivity index (χ4v) is 36.5. The molecule has 29 heavy (non-hydrogen) atoms. The number of nitrogens with zero attached hydrogens (tertiary/aromatic N) is 3. The summed E-state index contributed by atoms with van der Waals surface area (Å²) >= 11 is 0. The molecule has 0 N–H and O–H groups in total. The molecule has 0 atom stereocenters. The van der Waals surface area contributed by atoms with Gasteiger partial charge in [-0.05, 0) is 0 Å². The second-order valence-electron chi connectivity index (χ2n) is 14.5. The molecular weight excluding hydrogens is 530 g/mol. The molecule has 0 heterocycles. The van der Waals surface area contributed by atoms with E-state index < -0.39 is 49.4 Å². The molecule has 3 nitrogen and oxygen atoms in total.